The largest absolute Gasteiger partial charge is 0.466 e. The van der Waals surface area contributed by atoms with Crippen LogP contribution in [-0.4, -0.2) is 47.4 Å². The van der Waals surface area contributed by atoms with Crippen LogP contribution in [0.15, 0.2) is 24.3 Å². The number of nitrogens with one attached hydrogen (secondary N) is 1. The lowest BCUT2D eigenvalue weighted by Gasteiger charge is -2.20. The molecule has 3 N–H and O–H groups in total. The molecule has 0 radical (unpaired) electrons. The second-order valence-corrected chi connectivity index (χ2v) is 23.2. The number of carbonyl (C=O) groups is 2. The molecule has 0 heterocycles. The van der Waals surface area contributed by atoms with E-state index < -0.39 is 12.1 Å². The minimum atomic E-state index is -0.842. The lowest BCUT2D eigenvalue weighted by Crippen LogP contribution is -2.45. The second-order valence-electron chi connectivity index (χ2n) is 23.2. The van der Waals surface area contributed by atoms with Gasteiger partial charge in [-0.15, -0.1) is 0 Å². The van der Waals surface area contributed by atoms with E-state index in [2.05, 4.69) is 31.3 Å². The van der Waals surface area contributed by atoms with Gasteiger partial charge in [0.15, 0.2) is 0 Å². The topological polar surface area (TPSA) is 95.9 Å². The van der Waals surface area contributed by atoms with Gasteiger partial charge in [0.05, 0.1) is 25.4 Å². The van der Waals surface area contributed by atoms with Crippen molar-refractivity contribution in [3.8, 4) is 0 Å². The third-order valence-corrected chi connectivity index (χ3v) is 15.7. The van der Waals surface area contributed by atoms with E-state index in [1.54, 1.807) is 6.08 Å². The Balaban J connectivity index is 3.36. The molecule has 0 rings (SSSR count). The van der Waals surface area contributed by atoms with Gasteiger partial charge in [0.1, 0.15) is 0 Å². The number of carbonyl (C=O) groups excluding carboxylic acids is 2. The Morgan fingerprint density at radius 1 is 0.365 bits per heavy atom. The van der Waals surface area contributed by atoms with Gasteiger partial charge >= 0.3 is 5.97 Å². The van der Waals surface area contributed by atoms with Crippen LogP contribution in [0.2, 0.25) is 0 Å². The first-order valence-corrected chi connectivity index (χ1v) is 33.6. The molecular weight excluding hydrogens is 911 g/mol. The summed E-state index contributed by atoms with van der Waals surface area (Å²) in [6.07, 6.45) is 79.6. The maximum absolute atomic E-state index is 12.5. The highest BCUT2D eigenvalue weighted by Crippen LogP contribution is 2.18. The minimum Gasteiger partial charge on any atom is -0.466 e. The standard InChI is InChI=1S/C68H131NO5/c1-3-5-7-9-11-13-15-17-19-33-36-40-44-48-52-56-60-66(71)65(64-70)69-67(72)61-57-53-49-45-41-37-34-31-29-27-25-23-21-20-22-24-26-28-30-32-35-39-43-47-51-55-59-63-74-68(73)62-58-54-50-46-42-38-18-16-14-12-10-8-6-4-2/h16,18,56,60,65-66,70-71H,3-15,17,19-55,57-59,61-64H2,1-2H3,(H,69,72)/b18-16-,60-56+. The Hall–Kier alpha value is -1.66. The van der Waals surface area contributed by atoms with Gasteiger partial charge < -0.3 is 20.3 Å². The molecule has 0 bridgehead atoms. The number of esters is 1. The van der Waals surface area contributed by atoms with Gasteiger partial charge in [-0.1, -0.05) is 327 Å². The zero-order valence-electron chi connectivity index (χ0n) is 50.1. The highest BCUT2D eigenvalue weighted by molar-refractivity contribution is 5.76. The summed E-state index contributed by atoms with van der Waals surface area (Å²) in [5, 5.41) is 23.2. The summed E-state index contributed by atoms with van der Waals surface area (Å²) in [5.41, 5.74) is 0. The number of allylic oxidation sites excluding steroid dienone is 3. The van der Waals surface area contributed by atoms with E-state index in [1.165, 1.54) is 302 Å². The Morgan fingerprint density at radius 3 is 0.959 bits per heavy atom. The summed E-state index contributed by atoms with van der Waals surface area (Å²) in [6.45, 7) is 4.92. The zero-order valence-corrected chi connectivity index (χ0v) is 50.1. The van der Waals surface area contributed by atoms with Gasteiger partial charge in [-0.2, -0.15) is 0 Å². The summed E-state index contributed by atoms with van der Waals surface area (Å²) in [7, 11) is 0. The summed E-state index contributed by atoms with van der Waals surface area (Å²) >= 11 is 0. The van der Waals surface area contributed by atoms with E-state index in [0.29, 0.717) is 19.4 Å². The fourth-order valence-corrected chi connectivity index (χ4v) is 10.6. The fourth-order valence-electron chi connectivity index (χ4n) is 10.6. The molecule has 6 nitrogen and oxygen atoms in total. The van der Waals surface area contributed by atoms with Crippen LogP contribution >= 0.6 is 0 Å². The molecule has 0 fully saturated rings. The SMILES string of the molecule is CCCCCCC/C=C\CCCCCCCC(=O)OCCCCCCCCCCCCCCCCCCCCCCCCCCCCCC(=O)NC(CO)C(O)/C=C/CCCCCCCCCCCCCCCC. The normalized spacial score (nSPS) is 12.6. The molecule has 438 valence electrons. The molecular formula is C68H131NO5. The third-order valence-electron chi connectivity index (χ3n) is 15.7. The van der Waals surface area contributed by atoms with Crippen LogP contribution in [0.5, 0.6) is 0 Å². The monoisotopic (exact) mass is 1040 g/mol. The van der Waals surface area contributed by atoms with Crippen molar-refractivity contribution in [2.75, 3.05) is 13.2 Å². The first-order valence-electron chi connectivity index (χ1n) is 33.6. The molecule has 0 spiro atoms. The Bertz CT molecular complexity index is 1150. The quantitative estimate of drug-likeness (QED) is 0.0320. The van der Waals surface area contributed by atoms with E-state index in [1.807, 2.05) is 6.08 Å². The highest BCUT2D eigenvalue weighted by atomic mass is 16.5. The van der Waals surface area contributed by atoms with Gasteiger partial charge in [0, 0.05) is 12.8 Å². The van der Waals surface area contributed by atoms with Crippen molar-refractivity contribution in [1.29, 1.82) is 0 Å². The molecule has 2 atom stereocenters. The molecule has 0 aromatic carbocycles. The predicted octanol–water partition coefficient (Wildman–Crippen LogP) is 21.4. The molecule has 0 saturated heterocycles. The first-order chi connectivity index (χ1) is 36.5. The zero-order chi connectivity index (χ0) is 53.6. The number of unbranched alkanes of at least 4 members (excludes halogenated alkanes) is 50. The molecule has 6 heteroatoms. The van der Waals surface area contributed by atoms with Crippen LogP contribution in [-0.2, 0) is 14.3 Å². The molecule has 0 aliphatic carbocycles. The van der Waals surface area contributed by atoms with Gasteiger partial charge in [-0.25, -0.2) is 0 Å². The molecule has 0 aromatic rings. The average molecular weight is 1040 g/mol. The molecule has 74 heavy (non-hydrogen) atoms. The number of aliphatic hydroxyl groups excluding tert-OH is 2. The number of ether oxygens (including phenoxy) is 1. The van der Waals surface area contributed by atoms with Gasteiger partial charge in [0.25, 0.3) is 0 Å². The van der Waals surface area contributed by atoms with Gasteiger partial charge in [-0.05, 0) is 57.8 Å². The fraction of sp³-hybridized carbons (Fsp3) is 0.912. The van der Waals surface area contributed by atoms with Crippen molar-refractivity contribution < 1.29 is 24.5 Å². The lowest BCUT2D eigenvalue weighted by molar-refractivity contribution is -0.143. The molecule has 1 amide bonds. The van der Waals surface area contributed by atoms with Crippen molar-refractivity contribution >= 4 is 11.9 Å². The van der Waals surface area contributed by atoms with E-state index in [9.17, 15) is 19.8 Å². The Labute approximate surface area is 462 Å². The molecule has 0 aromatic heterocycles. The minimum absolute atomic E-state index is 0.00959. The van der Waals surface area contributed by atoms with Crippen molar-refractivity contribution in [1.82, 2.24) is 5.32 Å². The Morgan fingerprint density at radius 2 is 0.635 bits per heavy atom. The molecule has 2 unspecified atom stereocenters. The highest BCUT2D eigenvalue weighted by Gasteiger charge is 2.18. The van der Waals surface area contributed by atoms with Crippen LogP contribution in [0.1, 0.15) is 373 Å². The number of rotatable bonds is 63. The van der Waals surface area contributed by atoms with Crippen LogP contribution in [0, 0.1) is 0 Å². The first kappa shape index (κ1) is 72.3. The van der Waals surface area contributed by atoms with E-state index in [-0.39, 0.29) is 18.5 Å². The van der Waals surface area contributed by atoms with Crippen molar-refractivity contribution in [2.45, 2.75) is 386 Å². The van der Waals surface area contributed by atoms with Crippen LogP contribution in [0.25, 0.3) is 0 Å². The summed E-state index contributed by atoms with van der Waals surface area (Å²) in [6, 6.07) is -0.625. The molecule has 0 aliphatic heterocycles. The van der Waals surface area contributed by atoms with Crippen molar-refractivity contribution in [3.05, 3.63) is 24.3 Å². The molecule has 0 saturated carbocycles. The maximum Gasteiger partial charge on any atom is 0.305 e. The number of hydrogen-bond acceptors (Lipinski definition) is 5. The maximum atomic E-state index is 12.5. The number of aliphatic hydroxyl groups is 2. The van der Waals surface area contributed by atoms with Gasteiger partial charge in [0.2, 0.25) is 5.91 Å². The van der Waals surface area contributed by atoms with Crippen LogP contribution in [0.4, 0.5) is 0 Å². The summed E-state index contributed by atoms with van der Waals surface area (Å²) < 4.78 is 5.48. The Kier molecular flexibility index (Phi) is 62.4. The number of hydrogen-bond donors (Lipinski definition) is 3. The average Bonchev–Trinajstić information content (AvgIpc) is 3.40. The molecule has 0 aliphatic rings. The van der Waals surface area contributed by atoms with Crippen molar-refractivity contribution in [3.63, 3.8) is 0 Å². The predicted molar refractivity (Wildman–Crippen MR) is 324 cm³/mol. The second kappa shape index (κ2) is 63.9. The summed E-state index contributed by atoms with van der Waals surface area (Å²) in [4.78, 5) is 24.5. The lowest BCUT2D eigenvalue weighted by atomic mass is 10.0. The van der Waals surface area contributed by atoms with E-state index >= 15 is 0 Å². The van der Waals surface area contributed by atoms with Crippen molar-refractivity contribution in [2.24, 2.45) is 0 Å². The smallest absolute Gasteiger partial charge is 0.305 e. The summed E-state index contributed by atoms with van der Waals surface area (Å²) in [5.74, 6) is -0.0531. The third kappa shape index (κ3) is 59.6. The number of amides is 1. The van der Waals surface area contributed by atoms with E-state index in [4.69, 9.17) is 4.74 Å². The van der Waals surface area contributed by atoms with Crippen LogP contribution < -0.4 is 5.32 Å². The van der Waals surface area contributed by atoms with Crippen LogP contribution in [0.3, 0.4) is 0 Å². The van der Waals surface area contributed by atoms with Gasteiger partial charge in [-0.3, -0.25) is 9.59 Å². The van der Waals surface area contributed by atoms with E-state index in [0.717, 1.165) is 44.9 Å².